The van der Waals surface area contributed by atoms with Crippen LogP contribution in [-0.2, 0) is 0 Å². The molecule has 0 aromatic carbocycles. The normalized spacial score (nSPS) is 27.0. The van der Waals surface area contributed by atoms with Gasteiger partial charge in [0.1, 0.15) is 0 Å². The molecular formula is C10H11N3. The van der Waals surface area contributed by atoms with Gasteiger partial charge in [0.25, 0.3) is 0 Å². The molecule has 0 aliphatic carbocycles. The van der Waals surface area contributed by atoms with Gasteiger partial charge in [-0.15, -0.1) is 0 Å². The minimum Gasteiger partial charge on any atom is -0.315 e. The summed E-state index contributed by atoms with van der Waals surface area (Å²) in [4.78, 5) is 3.96. The van der Waals surface area contributed by atoms with E-state index in [0.29, 0.717) is 5.92 Å². The summed E-state index contributed by atoms with van der Waals surface area (Å²) in [6, 6.07) is 6.31. The van der Waals surface area contributed by atoms with Crippen molar-refractivity contribution in [1.82, 2.24) is 10.3 Å². The van der Waals surface area contributed by atoms with Crippen molar-refractivity contribution in [1.29, 1.82) is 5.26 Å². The van der Waals surface area contributed by atoms with Crippen LogP contribution in [0.3, 0.4) is 0 Å². The molecule has 0 spiro atoms. The number of hydrogen-bond donors (Lipinski definition) is 1. The van der Waals surface area contributed by atoms with E-state index in [0.717, 1.165) is 13.1 Å². The maximum absolute atomic E-state index is 8.89. The van der Waals surface area contributed by atoms with E-state index in [-0.39, 0.29) is 5.92 Å². The summed E-state index contributed by atoms with van der Waals surface area (Å²) in [7, 11) is 0. The van der Waals surface area contributed by atoms with Gasteiger partial charge in [-0.05, 0) is 17.7 Å². The van der Waals surface area contributed by atoms with Gasteiger partial charge in [0.15, 0.2) is 0 Å². The summed E-state index contributed by atoms with van der Waals surface area (Å²) in [5.41, 5.74) is 1.21. The lowest BCUT2D eigenvalue weighted by Gasteiger charge is -2.11. The van der Waals surface area contributed by atoms with Crippen molar-refractivity contribution in [2.45, 2.75) is 5.92 Å². The van der Waals surface area contributed by atoms with Crippen LogP contribution in [0.2, 0.25) is 0 Å². The van der Waals surface area contributed by atoms with Gasteiger partial charge >= 0.3 is 0 Å². The third-order valence-corrected chi connectivity index (χ3v) is 2.51. The molecule has 2 rings (SSSR count). The van der Waals surface area contributed by atoms with Crippen LogP contribution in [0.1, 0.15) is 11.5 Å². The van der Waals surface area contributed by atoms with Crippen LogP contribution in [-0.4, -0.2) is 18.1 Å². The van der Waals surface area contributed by atoms with Gasteiger partial charge in [0.2, 0.25) is 0 Å². The molecule has 1 saturated heterocycles. The predicted molar refractivity (Wildman–Crippen MR) is 49.0 cm³/mol. The first-order valence-corrected chi connectivity index (χ1v) is 4.42. The van der Waals surface area contributed by atoms with Gasteiger partial charge in [-0.25, -0.2) is 0 Å². The van der Waals surface area contributed by atoms with Crippen molar-refractivity contribution in [2.24, 2.45) is 5.92 Å². The maximum atomic E-state index is 8.89. The average molecular weight is 173 g/mol. The van der Waals surface area contributed by atoms with Gasteiger partial charge in [0.05, 0.1) is 12.0 Å². The Balaban J connectivity index is 2.22. The zero-order valence-corrected chi connectivity index (χ0v) is 7.27. The Morgan fingerprint density at radius 3 is 2.85 bits per heavy atom. The van der Waals surface area contributed by atoms with Gasteiger partial charge in [0, 0.05) is 31.4 Å². The van der Waals surface area contributed by atoms with Crippen LogP contribution in [0.25, 0.3) is 0 Å². The second-order valence-electron chi connectivity index (χ2n) is 3.28. The van der Waals surface area contributed by atoms with E-state index in [4.69, 9.17) is 5.26 Å². The second kappa shape index (κ2) is 3.55. The van der Waals surface area contributed by atoms with Crippen molar-refractivity contribution in [2.75, 3.05) is 13.1 Å². The summed E-state index contributed by atoms with van der Waals surface area (Å²) < 4.78 is 0. The molecule has 2 atom stereocenters. The summed E-state index contributed by atoms with van der Waals surface area (Å²) >= 11 is 0. The monoisotopic (exact) mass is 173 g/mol. The van der Waals surface area contributed by atoms with Crippen LogP contribution in [0, 0.1) is 17.2 Å². The lowest BCUT2D eigenvalue weighted by atomic mass is 9.91. The van der Waals surface area contributed by atoms with E-state index < -0.39 is 0 Å². The summed E-state index contributed by atoms with van der Waals surface area (Å²) in [6.07, 6.45) is 3.56. The quantitative estimate of drug-likeness (QED) is 0.686. The fourth-order valence-electron chi connectivity index (χ4n) is 1.78. The van der Waals surface area contributed by atoms with Crippen LogP contribution < -0.4 is 5.32 Å². The second-order valence-corrected chi connectivity index (χ2v) is 3.28. The lowest BCUT2D eigenvalue weighted by Crippen LogP contribution is -2.08. The highest BCUT2D eigenvalue weighted by Gasteiger charge is 2.27. The van der Waals surface area contributed by atoms with Gasteiger partial charge in [-0.2, -0.15) is 5.26 Å². The van der Waals surface area contributed by atoms with Crippen molar-refractivity contribution in [3.05, 3.63) is 30.1 Å². The highest BCUT2D eigenvalue weighted by Crippen LogP contribution is 2.26. The topological polar surface area (TPSA) is 48.7 Å². The standard InChI is InChI=1S/C10H11N3/c11-5-9-6-13-7-10(9)8-1-3-12-4-2-8/h1-4,9-10,13H,6-7H2/t9-,10-/m1/s1. The van der Waals surface area contributed by atoms with Crippen molar-refractivity contribution >= 4 is 0 Å². The van der Waals surface area contributed by atoms with Crippen LogP contribution in [0.4, 0.5) is 0 Å². The van der Waals surface area contributed by atoms with Gasteiger partial charge in [-0.3, -0.25) is 4.98 Å². The molecule has 1 aromatic rings. The van der Waals surface area contributed by atoms with Gasteiger partial charge < -0.3 is 5.32 Å². The molecule has 66 valence electrons. The Morgan fingerprint density at radius 2 is 2.15 bits per heavy atom. The molecule has 0 saturated carbocycles. The summed E-state index contributed by atoms with van der Waals surface area (Å²) in [6.45, 7) is 1.71. The molecule has 1 N–H and O–H groups in total. The van der Waals surface area contributed by atoms with Gasteiger partial charge in [-0.1, -0.05) is 0 Å². The maximum Gasteiger partial charge on any atom is 0.0676 e. The highest BCUT2D eigenvalue weighted by molar-refractivity contribution is 5.21. The molecule has 3 nitrogen and oxygen atoms in total. The van der Waals surface area contributed by atoms with E-state index in [1.807, 2.05) is 12.1 Å². The number of nitrogens with zero attached hydrogens (tertiary/aromatic N) is 2. The Hall–Kier alpha value is -1.40. The SMILES string of the molecule is N#C[C@@H]1CNC[C@@H]1c1ccncc1. The number of aromatic nitrogens is 1. The third-order valence-electron chi connectivity index (χ3n) is 2.51. The largest absolute Gasteiger partial charge is 0.315 e. The fraction of sp³-hybridized carbons (Fsp3) is 0.400. The predicted octanol–water partition coefficient (Wildman–Crippen LogP) is 0.908. The molecular weight excluding hydrogens is 162 g/mol. The Bertz CT molecular complexity index is 315. The molecule has 1 aromatic heterocycles. The molecule has 0 unspecified atom stereocenters. The molecule has 0 bridgehead atoms. The molecule has 0 amide bonds. The summed E-state index contributed by atoms with van der Waals surface area (Å²) in [5, 5.41) is 12.1. The third kappa shape index (κ3) is 1.53. The summed E-state index contributed by atoms with van der Waals surface area (Å²) in [5.74, 6) is 0.454. The molecule has 13 heavy (non-hydrogen) atoms. The van der Waals surface area contributed by atoms with E-state index in [1.54, 1.807) is 12.4 Å². The Kier molecular flexibility index (Phi) is 2.24. The number of nitriles is 1. The average Bonchev–Trinajstić information content (AvgIpc) is 2.67. The number of rotatable bonds is 1. The van der Waals surface area contributed by atoms with Crippen molar-refractivity contribution in [3.63, 3.8) is 0 Å². The van der Waals surface area contributed by atoms with E-state index in [2.05, 4.69) is 16.4 Å². The molecule has 1 aliphatic rings. The van der Waals surface area contributed by atoms with E-state index in [1.165, 1.54) is 5.56 Å². The first-order chi connectivity index (χ1) is 6.42. The van der Waals surface area contributed by atoms with E-state index in [9.17, 15) is 0 Å². The Morgan fingerprint density at radius 1 is 1.38 bits per heavy atom. The smallest absolute Gasteiger partial charge is 0.0676 e. The minimum absolute atomic E-state index is 0.113. The van der Waals surface area contributed by atoms with Crippen molar-refractivity contribution < 1.29 is 0 Å². The fourth-order valence-corrected chi connectivity index (χ4v) is 1.78. The van der Waals surface area contributed by atoms with Crippen LogP contribution in [0.5, 0.6) is 0 Å². The first-order valence-electron chi connectivity index (χ1n) is 4.42. The number of pyridine rings is 1. The lowest BCUT2D eigenvalue weighted by molar-refractivity contribution is 0.646. The molecule has 1 aliphatic heterocycles. The molecule has 1 fully saturated rings. The zero-order valence-electron chi connectivity index (χ0n) is 7.27. The molecule has 0 radical (unpaired) electrons. The van der Waals surface area contributed by atoms with E-state index >= 15 is 0 Å². The highest BCUT2D eigenvalue weighted by atomic mass is 14.9. The molecule has 2 heterocycles. The molecule has 3 heteroatoms. The zero-order chi connectivity index (χ0) is 9.10. The minimum atomic E-state index is 0.113. The first kappa shape index (κ1) is 8.21. The number of nitrogens with one attached hydrogen (secondary N) is 1. The Labute approximate surface area is 77.4 Å². The van der Waals surface area contributed by atoms with Crippen LogP contribution in [0.15, 0.2) is 24.5 Å². The number of hydrogen-bond acceptors (Lipinski definition) is 3. The van der Waals surface area contributed by atoms with Crippen molar-refractivity contribution in [3.8, 4) is 6.07 Å². The van der Waals surface area contributed by atoms with Crippen LogP contribution >= 0.6 is 0 Å².